The third-order valence-electron chi connectivity index (χ3n) is 3.18. The molecule has 0 aliphatic heterocycles. The molecule has 0 heterocycles. The SMILES string of the molecule is O=C(Nc1cccc(Cl)c1)C1(CO)CCC1. The summed E-state index contributed by atoms with van der Waals surface area (Å²) in [6.45, 7) is -0.0839. The molecule has 0 bridgehead atoms. The highest BCUT2D eigenvalue weighted by Gasteiger charge is 2.43. The lowest BCUT2D eigenvalue weighted by molar-refractivity contribution is -0.133. The number of hydrogen-bond acceptors (Lipinski definition) is 2. The number of carbonyl (C=O) groups excluding carboxylic acids is 1. The summed E-state index contributed by atoms with van der Waals surface area (Å²) in [6.07, 6.45) is 2.52. The number of anilines is 1. The summed E-state index contributed by atoms with van der Waals surface area (Å²) in [5.74, 6) is -0.108. The van der Waals surface area contributed by atoms with E-state index in [9.17, 15) is 9.90 Å². The van der Waals surface area contributed by atoms with Crippen LogP contribution in [0.1, 0.15) is 19.3 Å². The first-order valence-corrected chi connectivity index (χ1v) is 5.72. The standard InChI is InChI=1S/C12H14ClNO2/c13-9-3-1-4-10(7-9)14-11(16)12(8-15)5-2-6-12/h1,3-4,7,15H,2,5-6,8H2,(H,14,16). The van der Waals surface area contributed by atoms with Crippen molar-refractivity contribution in [2.24, 2.45) is 5.41 Å². The van der Waals surface area contributed by atoms with Crippen molar-refractivity contribution in [2.45, 2.75) is 19.3 Å². The molecule has 0 saturated heterocycles. The summed E-state index contributed by atoms with van der Waals surface area (Å²) in [5, 5.41) is 12.6. The normalized spacial score (nSPS) is 17.6. The molecule has 2 N–H and O–H groups in total. The van der Waals surface area contributed by atoms with Crippen LogP contribution in [0.15, 0.2) is 24.3 Å². The Labute approximate surface area is 99.4 Å². The molecule has 2 rings (SSSR count). The molecule has 16 heavy (non-hydrogen) atoms. The highest BCUT2D eigenvalue weighted by molar-refractivity contribution is 6.30. The van der Waals surface area contributed by atoms with Crippen LogP contribution >= 0.6 is 11.6 Å². The second-order valence-electron chi connectivity index (χ2n) is 4.26. The Hall–Kier alpha value is -1.06. The van der Waals surface area contributed by atoms with E-state index < -0.39 is 5.41 Å². The first-order chi connectivity index (χ1) is 7.66. The predicted molar refractivity (Wildman–Crippen MR) is 63.5 cm³/mol. The van der Waals surface area contributed by atoms with Gasteiger partial charge >= 0.3 is 0 Å². The highest BCUT2D eigenvalue weighted by Crippen LogP contribution is 2.41. The number of benzene rings is 1. The third-order valence-corrected chi connectivity index (χ3v) is 3.41. The second kappa shape index (κ2) is 4.44. The van der Waals surface area contributed by atoms with E-state index in [1.165, 1.54) is 0 Å². The van der Waals surface area contributed by atoms with E-state index in [4.69, 9.17) is 11.6 Å². The van der Waals surface area contributed by atoms with Crippen LogP contribution in [-0.2, 0) is 4.79 Å². The zero-order valence-electron chi connectivity index (χ0n) is 8.87. The minimum Gasteiger partial charge on any atom is -0.395 e. The van der Waals surface area contributed by atoms with Crippen molar-refractivity contribution in [2.75, 3.05) is 11.9 Å². The molecule has 1 aliphatic carbocycles. The van der Waals surface area contributed by atoms with Crippen LogP contribution in [0.2, 0.25) is 5.02 Å². The molecule has 1 aliphatic rings. The molecule has 0 atom stereocenters. The summed E-state index contributed by atoms with van der Waals surface area (Å²) in [7, 11) is 0. The van der Waals surface area contributed by atoms with Gasteiger partial charge in [0.1, 0.15) is 0 Å². The van der Waals surface area contributed by atoms with Gasteiger partial charge in [-0.15, -0.1) is 0 Å². The van der Waals surface area contributed by atoms with Gasteiger partial charge in [-0.25, -0.2) is 0 Å². The van der Waals surface area contributed by atoms with Gasteiger partial charge in [-0.1, -0.05) is 24.1 Å². The Morgan fingerprint density at radius 1 is 1.50 bits per heavy atom. The van der Waals surface area contributed by atoms with Crippen LogP contribution < -0.4 is 5.32 Å². The van der Waals surface area contributed by atoms with Crippen LogP contribution in [-0.4, -0.2) is 17.6 Å². The van der Waals surface area contributed by atoms with Gasteiger partial charge in [0.25, 0.3) is 0 Å². The quantitative estimate of drug-likeness (QED) is 0.851. The van der Waals surface area contributed by atoms with Gasteiger partial charge in [-0.3, -0.25) is 4.79 Å². The molecule has 0 unspecified atom stereocenters. The minimum absolute atomic E-state index is 0.0839. The molecule has 0 aromatic heterocycles. The Balaban J connectivity index is 2.07. The van der Waals surface area contributed by atoms with E-state index in [-0.39, 0.29) is 12.5 Å². The summed E-state index contributed by atoms with van der Waals surface area (Å²) >= 11 is 5.82. The molecular formula is C12H14ClNO2. The average molecular weight is 240 g/mol. The largest absolute Gasteiger partial charge is 0.395 e. The zero-order chi connectivity index (χ0) is 11.6. The second-order valence-corrected chi connectivity index (χ2v) is 4.69. The van der Waals surface area contributed by atoms with Crippen LogP contribution in [0.3, 0.4) is 0 Å². The van der Waals surface area contributed by atoms with E-state index in [0.717, 1.165) is 19.3 Å². The average Bonchev–Trinajstić information content (AvgIpc) is 2.16. The van der Waals surface area contributed by atoms with E-state index in [2.05, 4.69) is 5.32 Å². The van der Waals surface area contributed by atoms with Gasteiger partial charge in [0.15, 0.2) is 0 Å². The van der Waals surface area contributed by atoms with Crippen molar-refractivity contribution < 1.29 is 9.90 Å². The van der Waals surface area contributed by atoms with Crippen molar-refractivity contribution in [1.29, 1.82) is 0 Å². The molecule has 3 nitrogen and oxygen atoms in total. The lowest BCUT2D eigenvalue weighted by atomic mass is 9.68. The third kappa shape index (κ3) is 2.06. The first-order valence-electron chi connectivity index (χ1n) is 5.34. The molecule has 1 aromatic carbocycles. The molecule has 1 saturated carbocycles. The van der Waals surface area contributed by atoms with Crippen molar-refractivity contribution in [3.05, 3.63) is 29.3 Å². The smallest absolute Gasteiger partial charge is 0.232 e. The predicted octanol–water partition coefficient (Wildman–Crippen LogP) is 2.44. The zero-order valence-corrected chi connectivity index (χ0v) is 9.63. The highest BCUT2D eigenvalue weighted by atomic mass is 35.5. The Kier molecular flexibility index (Phi) is 3.17. The van der Waals surface area contributed by atoms with Gasteiger partial charge in [-0.05, 0) is 31.0 Å². The van der Waals surface area contributed by atoms with Gasteiger partial charge in [0, 0.05) is 10.7 Å². The maximum absolute atomic E-state index is 11.9. The van der Waals surface area contributed by atoms with Crippen LogP contribution in [0.25, 0.3) is 0 Å². The lowest BCUT2D eigenvalue weighted by Gasteiger charge is -2.38. The van der Waals surface area contributed by atoms with Crippen molar-refractivity contribution in [3.8, 4) is 0 Å². The molecule has 4 heteroatoms. The van der Waals surface area contributed by atoms with Gasteiger partial charge in [-0.2, -0.15) is 0 Å². The number of hydrogen-bond donors (Lipinski definition) is 2. The molecule has 0 spiro atoms. The number of nitrogens with one attached hydrogen (secondary N) is 1. The summed E-state index contributed by atoms with van der Waals surface area (Å²) in [5.41, 5.74) is 0.111. The number of carbonyl (C=O) groups is 1. The molecule has 1 aromatic rings. The number of halogens is 1. The Morgan fingerprint density at radius 3 is 2.75 bits per heavy atom. The van der Waals surface area contributed by atoms with E-state index in [1.807, 2.05) is 0 Å². The van der Waals surface area contributed by atoms with Gasteiger partial charge < -0.3 is 10.4 Å². The fourth-order valence-corrected chi connectivity index (χ4v) is 2.08. The van der Waals surface area contributed by atoms with Crippen LogP contribution in [0.5, 0.6) is 0 Å². The fraction of sp³-hybridized carbons (Fsp3) is 0.417. The molecular weight excluding hydrogens is 226 g/mol. The topological polar surface area (TPSA) is 49.3 Å². The fourth-order valence-electron chi connectivity index (χ4n) is 1.89. The summed E-state index contributed by atoms with van der Waals surface area (Å²) in [6, 6.07) is 7.02. The summed E-state index contributed by atoms with van der Waals surface area (Å²) in [4.78, 5) is 11.9. The Bertz CT molecular complexity index is 396. The maximum Gasteiger partial charge on any atom is 0.232 e. The first kappa shape index (κ1) is 11.4. The lowest BCUT2D eigenvalue weighted by Crippen LogP contribution is -2.44. The monoisotopic (exact) mass is 239 g/mol. The van der Waals surface area contributed by atoms with Gasteiger partial charge in [0.05, 0.1) is 12.0 Å². The number of aliphatic hydroxyl groups is 1. The van der Waals surface area contributed by atoms with E-state index in [0.29, 0.717) is 10.7 Å². The Morgan fingerprint density at radius 2 is 2.25 bits per heavy atom. The number of aliphatic hydroxyl groups excluding tert-OH is 1. The van der Waals surface area contributed by atoms with Crippen molar-refractivity contribution >= 4 is 23.2 Å². The van der Waals surface area contributed by atoms with Crippen LogP contribution in [0, 0.1) is 5.41 Å². The molecule has 1 fully saturated rings. The minimum atomic E-state index is -0.567. The maximum atomic E-state index is 11.9. The molecule has 1 amide bonds. The van der Waals surface area contributed by atoms with E-state index >= 15 is 0 Å². The van der Waals surface area contributed by atoms with Crippen LogP contribution in [0.4, 0.5) is 5.69 Å². The van der Waals surface area contributed by atoms with E-state index in [1.54, 1.807) is 24.3 Å². The molecule has 86 valence electrons. The van der Waals surface area contributed by atoms with Crippen molar-refractivity contribution in [3.63, 3.8) is 0 Å². The molecule has 0 radical (unpaired) electrons. The summed E-state index contributed by atoms with van der Waals surface area (Å²) < 4.78 is 0. The van der Waals surface area contributed by atoms with Crippen molar-refractivity contribution in [1.82, 2.24) is 0 Å². The number of rotatable bonds is 3. The number of amides is 1. The van der Waals surface area contributed by atoms with Gasteiger partial charge in [0.2, 0.25) is 5.91 Å².